The van der Waals surface area contributed by atoms with Crippen LogP contribution in [0.5, 0.6) is 0 Å². The summed E-state index contributed by atoms with van der Waals surface area (Å²) in [5, 5.41) is 2.80. The highest BCUT2D eigenvalue weighted by Gasteiger charge is 2.06. The molecule has 0 spiro atoms. The highest BCUT2D eigenvalue weighted by molar-refractivity contribution is 5.93. The molecule has 94 valence electrons. The molecule has 0 unspecified atom stereocenters. The molecule has 3 rings (SSSR count). The molecule has 3 aromatic rings. The summed E-state index contributed by atoms with van der Waals surface area (Å²) >= 11 is 0. The summed E-state index contributed by atoms with van der Waals surface area (Å²) in [5.41, 5.74) is 2.40. The maximum absolute atomic E-state index is 11.8. The van der Waals surface area contributed by atoms with Crippen LogP contribution in [0.3, 0.4) is 0 Å². The molecular formula is C14H12N4O. The van der Waals surface area contributed by atoms with E-state index in [1.807, 2.05) is 24.3 Å². The zero-order valence-corrected chi connectivity index (χ0v) is 10.1. The minimum atomic E-state index is -0.159. The minimum absolute atomic E-state index is 0.159. The number of nitrogens with zero attached hydrogens (tertiary/aromatic N) is 2. The van der Waals surface area contributed by atoms with E-state index in [0.29, 0.717) is 12.1 Å². The molecule has 0 fully saturated rings. The molecule has 0 aliphatic heterocycles. The number of benzene rings is 1. The van der Waals surface area contributed by atoms with Crippen molar-refractivity contribution in [3.8, 4) is 0 Å². The van der Waals surface area contributed by atoms with Crippen LogP contribution < -0.4 is 5.32 Å². The first-order valence-electron chi connectivity index (χ1n) is 5.95. The van der Waals surface area contributed by atoms with Crippen molar-refractivity contribution in [1.82, 2.24) is 20.3 Å². The second-order valence-corrected chi connectivity index (χ2v) is 4.13. The Hall–Kier alpha value is -2.69. The van der Waals surface area contributed by atoms with Gasteiger partial charge in [0.15, 0.2) is 0 Å². The molecule has 0 radical (unpaired) electrons. The average Bonchev–Trinajstić information content (AvgIpc) is 2.88. The van der Waals surface area contributed by atoms with Crippen LogP contribution in [0.25, 0.3) is 11.0 Å². The van der Waals surface area contributed by atoms with Crippen LogP contribution in [-0.4, -0.2) is 20.9 Å². The Morgan fingerprint density at radius 3 is 2.89 bits per heavy atom. The number of aromatic amines is 1. The van der Waals surface area contributed by atoms with Gasteiger partial charge in [-0.2, -0.15) is 0 Å². The van der Waals surface area contributed by atoms with Crippen LogP contribution in [0.4, 0.5) is 0 Å². The van der Waals surface area contributed by atoms with Crippen molar-refractivity contribution in [1.29, 1.82) is 0 Å². The van der Waals surface area contributed by atoms with Gasteiger partial charge in [0.05, 0.1) is 23.1 Å². The lowest BCUT2D eigenvalue weighted by atomic mass is 10.3. The predicted molar refractivity (Wildman–Crippen MR) is 71.5 cm³/mol. The molecule has 0 saturated heterocycles. The molecule has 1 aromatic carbocycles. The number of H-pyrrole nitrogens is 1. The van der Waals surface area contributed by atoms with E-state index in [0.717, 1.165) is 16.9 Å². The molecule has 5 nitrogen and oxygen atoms in total. The average molecular weight is 252 g/mol. The fourth-order valence-corrected chi connectivity index (χ4v) is 1.85. The number of carbonyl (C=O) groups excluding carboxylic acids is 1. The van der Waals surface area contributed by atoms with E-state index in [1.54, 1.807) is 18.3 Å². The van der Waals surface area contributed by atoms with Gasteiger partial charge in [-0.05, 0) is 24.3 Å². The lowest BCUT2D eigenvalue weighted by molar-refractivity contribution is 0.0949. The van der Waals surface area contributed by atoms with E-state index in [4.69, 9.17) is 0 Å². The summed E-state index contributed by atoms with van der Waals surface area (Å²) in [6.07, 6.45) is 3.17. The van der Waals surface area contributed by atoms with Crippen LogP contribution in [-0.2, 0) is 6.54 Å². The number of nitrogens with one attached hydrogen (secondary N) is 2. The van der Waals surface area contributed by atoms with Crippen molar-refractivity contribution in [2.75, 3.05) is 0 Å². The predicted octanol–water partition coefficient (Wildman–Crippen LogP) is 1.89. The number of hydrogen-bond donors (Lipinski definition) is 2. The zero-order chi connectivity index (χ0) is 13.1. The first kappa shape index (κ1) is 11.4. The number of pyridine rings is 1. The van der Waals surface area contributed by atoms with Crippen LogP contribution in [0.1, 0.15) is 16.2 Å². The van der Waals surface area contributed by atoms with Crippen molar-refractivity contribution < 1.29 is 4.79 Å². The summed E-state index contributed by atoms with van der Waals surface area (Å²) in [4.78, 5) is 23.3. The van der Waals surface area contributed by atoms with E-state index < -0.39 is 0 Å². The lowest BCUT2D eigenvalue weighted by Crippen LogP contribution is -2.23. The highest BCUT2D eigenvalue weighted by atomic mass is 16.1. The monoisotopic (exact) mass is 252 g/mol. The van der Waals surface area contributed by atoms with E-state index in [2.05, 4.69) is 20.3 Å². The molecule has 0 aliphatic rings. The molecular weight excluding hydrogens is 240 g/mol. The number of imidazole rings is 1. The highest BCUT2D eigenvalue weighted by Crippen LogP contribution is 2.10. The molecule has 0 bridgehead atoms. The standard InChI is InChI=1S/C14H12N4O/c19-14(10-4-3-7-15-8-10)16-9-13-17-11-5-1-2-6-12(11)18-13/h1-8H,9H2,(H,16,19)(H,17,18). The molecule has 2 N–H and O–H groups in total. The van der Waals surface area contributed by atoms with Gasteiger partial charge in [0.1, 0.15) is 5.82 Å². The Kier molecular flexibility index (Phi) is 2.94. The van der Waals surface area contributed by atoms with E-state index in [-0.39, 0.29) is 5.91 Å². The molecule has 2 aromatic heterocycles. The van der Waals surface area contributed by atoms with Gasteiger partial charge in [0.25, 0.3) is 5.91 Å². The van der Waals surface area contributed by atoms with Gasteiger partial charge in [-0.25, -0.2) is 4.98 Å². The number of fused-ring (bicyclic) bond motifs is 1. The smallest absolute Gasteiger partial charge is 0.253 e. The number of aromatic nitrogens is 3. The van der Waals surface area contributed by atoms with Crippen molar-refractivity contribution in [2.45, 2.75) is 6.54 Å². The minimum Gasteiger partial charge on any atom is -0.345 e. The number of carbonyl (C=O) groups is 1. The molecule has 1 amide bonds. The van der Waals surface area contributed by atoms with E-state index >= 15 is 0 Å². The van der Waals surface area contributed by atoms with Crippen molar-refractivity contribution >= 4 is 16.9 Å². The van der Waals surface area contributed by atoms with Gasteiger partial charge in [0.2, 0.25) is 0 Å². The van der Waals surface area contributed by atoms with Gasteiger partial charge in [-0.1, -0.05) is 12.1 Å². The first-order chi connectivity index (χ1) is 9.33. The van der Waals surface area contributed by atoms with Gasteiger partial charge >= 0.3 is 0 Å². The normalized spacial score (nSPS) is 10.5. The maximum Gasteiger partial charge on any atom is 0.253 e. The van der Waals surface area contributed by atoms with Gasteiger partial charge in [-0.15, -0.1) is 0 Å². The number of para-hydroxylation sites is 2. The molecule has 19 heavy (non-hydrogen) atoms. The van der Waals surface area contributed by atoms with Gasteiger partial charge in [0, 0.05) is 12.4 Å². The summed E-state index contributed by atoms with van der Waals surface area (Å²) in [5.74, 6) is 0.576. The summed E-state index contributed by atoms with van der Waals surface area (Å²) in [6, 6.07) is 11.2. The van der Waals surface area contributed by atoms with E-state index in [1.165, 1.54) is 6.20 Å². The lowest BCUT2D eigenvalue weighted by Gasteiger charge is -2.02. The largest absolute Gasteiger partial charge is 0.345 e. The molecule has 5 heteroatoms. The van der Waals surface area contributed by atoms with Crippen LogP contribution in [0, 0.1) is 0 Å². The van der Waals surface area contributed by atoms with Crippen LogP contribution in [0.15, 0.2) is 48.8 Å². The first-order valence-corrected chi connectivity index (χ1v) is 5.95. The third kappa shape index (κ3) is 2.44. The second-order valence-electron chi connectivity index (χ2n) is 4.13. The van der Waals surface area contributed by atoms with Crippen LogP contribution >= 0.6 is 0 Å². The van der Waals surface area contributed by atoms with Crippen molar-refractivity contribution in [3.05, 3.63) is 60.2 Å². The fourth-order valence-electron chi connectivity index (χ4n) is 1.85. The Labute approximate surface area is 109 Å². The molecule has 2 heterocycles. The molecule has 0 aliphatic carbocycles. The zero-order valence-electron chi connectivity index (χ0n) is 10.1. The van der Waals surface area contributed by atoms with Gasteiger partial charge < -0.3 is 10.3 Å². The number of amides is 1. The van der Waals surface area contributed by atoms with Crippen molar-refractivity contribution in [3.63, 3.8) is 0 Å². The topological polar surface area (TPSA) is 70.7 Å². The van der Waals surface area contributed by atoms with E-state index in [9.17, 15) is 4.79 Å². The van der Waals surface area contributed by atoms with Crippen LogP contribution in [0.2, 0.25) is 0 Å². The Bertz CT molecular complexity index is 673. The fraction of sp³-hybridized carbons (Fsp3) is 0.0714. The molecule has 0 saturated carbocycles. The summed E-state index contributed by atoms with van der Waals surface area (Å²) in [6.45, 7) is 0.363. The summed E-state index contributed by atoms with van der Waals surface area (Å²) in [7, 11) is 0. The third-order valence-corrected chi connectivity index (χ3v) is 2.78. The number of rotatable bonds is 3. The number of hydrogen-bond acceptors (Lipinski definition) is 3. The SMILES string of the molecule is O=C(NCc1nc2ccccc2[nH]1)c1cccnc1. The van der Waals surface area contributed by atoms with Crippen molar-refractivity contribution in [2.24, 2.45) is 0 Å². The Morgan fingerprint density at radius 2 is 2.11 bits per heavy atom. The Balaban J connectivity index is 1.71. The Morgan fingerprint density at radius 1 is 1.21 bits per heavy atom. The maximum atomic E-state index is 11.8. The van der Waals surface area contributed by atoms with Gasteiger partial charge in [-0.3, -0.25) is 9.78 Å². The second kappa shape index (κ2) is 4.89. The quantitative estimate of drug-likeness (QED) is 0.747. The molecule has 0 atom stereocenters. The summed E-state index contributed by atoms with van der Waals surface area (Å²) < 4.78 is 0. The third-order valence-electron chi connectivity index (χ3n) is 2.78.